The molecule has 0 saturated carbocycles. The largest absolute Gasteiger partial charge is 0.350 e. The standard InChI is InChI=1S/C26H22N2/c1-28-18-23(25-16-15-20-11-5-7-13-24(20)27-25)22(17-19-9-3-2-4-10-19)21-12-6-8-14-26(21)28/h2-16,18,22H,17H2,1H3/t22-/m1/s1. The second-order valence-electron chi connectivity index (χ2n) is 7.39. The van der Waals surface area contributed by atoms with E-state index in [1.807, 2.05) is 0 Å². The van der Waals surface area contributed by atoms with E-state index in [9.17, 15) is 0 Å². The topological polar surface area (TPSA) is 16.1 Å². The Morgan fingerprint density at radius 2 is 1.54 bits per heavy atom. The van der Waals surface area contributed by atoms with Gasteiger partial charge in [0.25, 0.3) is 0 Å². The molecular formula is C26H22N2. The first-order chi connectivity index (χ1) is 13.8. The average Bonchev–Trinajstić information content (AvgIpc) is 2.76. The van der Waals surface area contributed by atoms with Crippen LogP contribution < -0.4 is 4.90 Å². The monoisotopic (exact) mass is 362 g/mol. The van der Waals surface area contributed by atoms with Gasteiger partial charge in [0.05, 0.1) is 11.2 Å². The van der Waals surface area contributed by atoms with Crippen molar-refractivity contribution in [2.45, 2.75) is 12.3 Å². The van der Waals surface area contributed by atoms with Crippen LogP contribution >= 0.6 is 0 Å². The van der Waals surface area contributed by atoms with E-state index in [2.05, 4.69) is 109 Å². The predicted molar refractivity (Wildman–Crippen MR) is 117 cm³/mol. The average molecular weight is 362 g/mol. The van der Waals surface area contributed by atoms with E-state index in [0.717, 1.165) is 17.6 Å². The van der Waals surface area contributed by atoms with Crippen LogP contribution in [-0.4, -0.2) is 12.0 Å². The van der Waals surface area contributed by atoms with Gasteiger partial charge in [-0.15, -0.1) is 0 Å². The van der Waals surface area contributed by atoms with Crippen LogP contribution in [0.2, 0.25) is 0 Å². The van der Waals surface area contributed by atoms with Gasteiger partial charge in [-0.1, -0.05) is 72.8 Å². The molecule has 2 heteroatoms. The molecule has 1 aromatic heterocycles. The molecule has 1 aliphatic heterocycles. The van der Waals surface area contributed by atoms with Crippen LogP contribution in [0.15, 0.2) is 97.2 Å². The van der Waals surface area contributed by atoms with Crippen molar-refractivity contribution in [3.63, 3.8) is 0 Å². The number of fused-ring (bicyclic) bond motifs is 2. The molecule has 2 nitrogen and oxygen atoms in total. The van der Waals surface area contributed by atoms with E-state index in [4.69, 9.17) is 4.98 Å². The number of para-hydroxylation sites is 2. The Bertz CT molecular complexity index is 1160. The van der Waals surface area contributed by atoms with Crippen LogP contribution in [0.3, 0.4) is 0 Å². The van der Waals surface area contributed by atoms with Crippen LogP contribution in [0.5, 0.6) is 0 Å². The molecule has 5 rings (SSSR count). The summed E-state index contributed by atoms with van der Waals surface area (Å²) in [7, 11) is 2.12. The van der Waals surface area contributed by atoms with Crippen molar-refractivity contribution in [3.05, 3.63) is 114 Å². The molecule has 0 unspecified atom stereocenters. The van der Waals surface area contributed by atoms with Crippen LogP contribution in [0.4, 0.5) is 5.69 Å². The molecule has 136 valence electrons. The molecule has 28 heavy (non-hydrogen) atoms. The van der Waals surface area contributed by atoms with Crippen molar-refractivity contribution in [1.29, 1.82) is 0 Å². The highest BCUT2D eigenvalue weighted by Gasteiger charge is 2.27. The highest BCUT2D eigenvalue weighted by molar-refractivity contribution is 5.84. The molecule has 0 saturated heterocycles. The fourth-order valence-electron chi connectivity index (χ4n) is 4.18. The number of aromatic nitrogens is 1. The first-order valence-corrected chi connectivity index (χ1v) is 9.73. The molecule has 0 fully saturated rings. The van der Waals surface area contributed by atoms with Gasteiger partial charge in [-0.3, -0.25) is 0 Å². The zero-order valence-corrected chi connectivity index (χ0v) is 15.9. The van der Waals surface area contributed by atoms with E-state index in [0.29, 0.717) is 0 Å². The first-order valence-electron chi connectivity index (χ1n) is 9.73. The Balaban J connectivity index is 1.64. The van der Waals surface area contributed by atoms with Gasteiger partial charge in [-0.25, -0.2) is 4.98 Å². The maximum absolute atomic E-state index is 5.00. The number of nitrogens with zero attached hydrogens (tertiary/aromatic N) is 2. The van der Waals surface area contributed by atoms with Gasteiger partial charge in [0.15, 0.2) is 0 Å². The molecule has 0 aliphatic carbocycles. The van der Waals surface area contributed by atoms with Crippen LogP contribution in [0.1, 0.15) is 22.7 Å². The fourth-order valence-corrected chi connectivity index (χ4v) is 4.18. The van der Waals surface area contributed by atoms with Gasteiger partial charge < -0.3 is 4.90 Å². The lowest BCUT2D eigenvalue weighted by Crippen LogP contribution is -2.21. The number of rotatable bonds is 3. The summed E-state index contributed by atoms with van der Waals surface area (Å²) in [6.45, 7) is 0. The number of pyridine rings is 1. The number of anilines is 1. The Labute approximate surface area is 165 Å². The zero-order chi connectivity index (χ0) is 18.9. The second-order valence-corrected chi connectivity index (χ2v) is 7.39. The first kappa shape index (κ1) is 16.8. The number of hydrogen-bond acceptors (Lipinski definition) is 2. The van der Waals surface area contributed by atoms with Crippen molar-refractivity contribution in [3.8, 4) is 0 Å². The summed E-state index contributed by atoms with van der Waals surface area (Å²) < 4.78 is 0. The van der Waals surface area contributed by atoms with Gasteiger partial charge in [0, 0.05) is 35.8 Å². The second kappa shape index (κ2) is 6.97. The highest BCUT2D eigenvalue weighted by atomic mass is 15.1. The lowest BCUT2D eigenvalue weighted by molar-refractivity contribution is 0.829. The molecule has 3 aromatic carbocycles. The summed E-state index contributed by atoms with van der Waals surface area (Å²) in [5.41, 5.74) is 7.35. The SMILES string of the molecule is CN1C=C(c2ccc3ccccc3n2)[C@H](Cc2ccccc2)c2ccccc21. The predicted octanol–water partition coefficient (Wildman–Crippen LogP) is 6.05. The molecule has 1 aliphatic rings. The fraction of sp³-hybridized carbons (Fsp3) is 0.115. The third kappa shape index (κ3) is 2.97. The van der Waals surface area contributed by atoms with E-state index in [1.54, 1.807) is 0 Å². The summed E-state index contributed by atoms with van der Waals surface area (Å²) in [4.78, 5) is 7.23. The van der Waals surface area contributed by atoms with Gasteiger partial charge in [-0.2, -0.15) is 0 Å². The number of benzene rings is 3. The Hall–Kier alpha value is -3.39. The van der Waals surface area contributed by atoms with E-state index >= 15 is 0 Å². The van der Waals surface area contributed by atoms with Crippen LogP contribution in [0.25, 0.3) is 16.5 Å². The van der Waals surface area contributed by atoms with Crippen molar-refractivity contribution in [1.82, 2.24) is 4.98 Å². The summed E-state index contributed by atoms with van der Waals surface area (Å²) >= 11 is 0. The molecule has 0 amide bonds. The number of allylic oxidation sites excluding steroid dienone is 1. The summed E-state index contributed by atoms with van der Waals surface area (Å²) in [6.07, 6.45) is 3.22. The van der Waals surface area contributed by atoms with Crippen molar-refractivity contribution >= 4 is 22.2 Å². The zero-order valence-electron chi connectivity index (χ0n) is 15.9. The lowest BCUT2D eigenvalue weighted by Gasteiger charge is -2.32. The van der Waals surface area contributed by atoms with E-state index < -0.39 is 0 Å². The molecule has 1 atom stereocenters. The normalized spacial score (nSPS) is 16.0. The minimum absolute atomic E-state index is 0.281. The van der Waals surface area contributed by atoms with Gasteiger partial charge in [0.1, 0.15) is 0 Å². The van der Waals surface area contributed by atoms with Gasteiger partial charge in [-0.05, 0) is 35.7 Å². The Morgan fingerprint density at radius 1 is 0.786 bits per heavy atom. The quantitative estimate of drug-likeness (QED) is 0.441. The van der Waals surface area contributed by atoms with Gasteiger partial charge in [0.2, 0.25) is 0 Å². The molecule has 0 radical (unpaired) electrons. The third-order valence-electron chi connectivity index (χ3n) is 5.58. The van der Waals surface area contributed by atoms with E-state index in [1.165, 1.54) is 27.8 Å². The molecular weight excluding hydrogens is 340 g/mol. The summed E-state index contributed by atoms with van der Waals surface area (Å²) in [5.74, 6) is 0.281. The smallest absolute Gasteiger partial charge is 0.0709 e. The van der Waals surface area contributed by atoms with Gasteiger partial charge >= 0.3 is 0 Å². The Morgan fingerprint density at radius 3 is 2.43 bits per heavy atom. The molecule has 4 aromatic rings. The molecule has 0 spiro atoms. The third-order valence-corrected chi connectivity index (χ3v) is 5.58. The lowest BCUT2D eigenvalue weighted by atomic mass is 9.81. The van der Waals surface area contributed by atoms with Crippen LogP contribution in [0, 0.1) is 0 Å². The molecule has 2 heterocycles. The Kier molecular flexibility index (Phi) is 4.17. The minimum atomic E-state index is 0.281. The maximum Gasteiger partial charge on any atom is 0.0709 e. The molecule has 0 N–H and O–H groups in total. The minimum Gasteiger partial charge on any atom is -0.350 e. The summed E-state index contributed by atoms with van der Waals surface area (Å²) in [6, 6.07) is 32.1. The van der Waals surface area contributed by atoms with E-state index in [-0.39, 0.29) is 5.92 Å². The van der Waals surface area contributed by atoms with Crippen molar-refractivity contribution in [2.75, 3.05) is 11.9 Å². The molecule has 0 bridgehead atoms. The van der Waals surface area contributed by atoms with Crippen molar-refractivity contribution < 1.29 is 0 Å². The summed E-state index contributed by atoms with van der Waals surface area (Å²) in [5, 5.41) is 1.18. The highest BCUT2D eigenvalue weighted by Crippen LogP contribution is 2.43. The van der Waals surface area contributed by atoms with Crippen molar-refractivity contribution in [2.24, 2.45) is 0 Å². The van der Waals surface area contributed by atoms with Crippen LogP contribution in [-0.2, 0) is 6.42 Å². The maximum atomic E-state index is 5.00. The number of hydrogen-bond donors (Lipinski definition) is 0.